The van der Waals surface area contributed by atoms with Crippen LogP contribution < -0.4 is 0 Å². The molecule has 0 bridgehead atoms. The van der Waals surface area contributed by atoms with Gasteiger partial charge in [-0.25, -0.2) is 0 Å². The minimum Gasteiger partial charge on any atom is -0.481 e. The summed E-state index contributed by atoms with van der Waals surface area (Å²) in [6.45, 7) is 14.9. The summed E-state index contributed by atoms with van der Waals surface area (Å²) in [4.78, 5) is 25.7. The van der Waals surface area contributed by atoms with Gasteiger partial charge in [-0.1, -0.05) is 59.3 Å². The van der Waals surface area contributed by atoms with Crippen molar-refractivity contribution >= 4 is 11.8 Å². The molecule has 0 amide bonds. The van der Waals surface area contributed by atoms with Crippen molar-refractivity contribution in [2.24, 2.45) is 50.7 Å². The molecule has 0 saturated heterocycles. The van der Waals surface area contributed by atoms with Crippen LogP contribution >= 0.6 is 0 Å². The molecule has 5 rings (SSSR count). The van der Waals surface area contributed by atoms with Gasteiger partial charge >= 0.3 is 5.97 Å². The highest BCUT2D eigenvalue weighted by molar-refractivity contribution is 5.95. The number of fused-ring (bicyclic) bond motifs is 7. The lowest BCUT2D eigenvalue weighted by atomic mass is 9.33. The number of aliphatic hydroxyl groups is 2. The molecule has 0 aromatic rings. The van der Waals surface area contributed by atoms with Crippen molar-refractivity contribution in [2.45, 2.75) is 98.7 Å². The maximum Gasteiger partial charge on any atom is 0.313 e. The van der Waals surface area contributed by atoms with E-state index in [9.17, 15) is 24.9 Å². The van der Waals surface area contributed by atoms with Crippen molar-refractivity contribution in [3.63, 3.8) is 0 Å². The van der Waals surface area contributed by atoms with Crippen LogP contribution in [0, 0.1) is 50.7 Å². The monoisotopic (exact) mass is 484 g/mol. The molecule has 3 N–H and O–H groups in total. The van der Waals surface area contributed by atoms with Gasteiger partial charge < -0.3 is 15.3 Å². The van der Waals surface area contributed by atoms with Crippen molar-refractivity contribution in [3.05, 3.63) is 23.8 Å². The van der Waals surface area contributed by atoms with Gasteiger partial charge in [-0.05, 0) is 85.5 Å². The summed E-state index contributed by atoms with van der Waals surface area (Å²) in [6, 6.07) is 0. The number of carboxylic acid groups (broad SMARTS) is 1. The highest BCUT2D eigenvalue weighted by atomic mass is 16.4. The number of aliphatic hydroxyl groups excluding tert-OH is 1. The molecule has 5 aliphatic carbocycles. The first-order valence-electron chi connectivity index (χ1n) is 13.6. The van der Waals surface area contributed by atoms with Gasteiger partial charge in [0.2, 0.25) is 0 Å². The predicted molar refractivity (Wildman–Crippen MR) is 134 cm³/mol. The minimum absolute atomic E-state index is 0.102. The molecule has 3 saturated carbocycles. The van der Waals surface area contributed by atoms with Crippen LogP contribution in [0.25, 0.3) is 0 Å². The molecule has 0 radical (unpaired) electrons. The summed E-state index contributed by atoms with van der Waals surface area (Å²) in [5.41, 5.74) is -2.42. The number of ketones is 1. The van der Waals surface area contributed by atoms with Crippen LogP contribution in [-0.4, -0.2) is 38.8 Å². The topological polar surface area (TPSA) is 94.8 Å². The number of rotatable bonds is 1. The highest BCUT2D eigenvalue weighted by Crippen LogP contribution is 2.75. The largest absolute Gasteiger partial charge is 0.481 e. The molecule has 0 aromatic carbocycles. The van der Waals surface area contributed by atoms with Crippen LogP contribution in [0.4, 0.5) is 0 Å². The quantitative estimate of drug-likeness (QED) is 0.447. The molecular formula is C30H44O5. The van der Waals surface area contributed by atoms with Crippen molar-refractivity contribution in [1.29, 1.82) is 0 Å². The van der Waals surface area contributed by atoms with Crippen LogP contribution in [0.1, 0.15) is 87.0 Å². The summed E-state index contributed by atoms with van der Waals surface area (Å²) in [5, 5.41) is 33.6. The molecule has 0 spiro atoms. The Morgan fingerprint density at radius 2 is 1.69 bits per heavy atom. The maximum absolute atomic E-state index is 12.9. The second kappa shape index (κ2) is 7.10. The number of carbonyl (C=O) groups is 2. The fourth-order valence-corrected chi connectivity index (χ4v) is 10.2. The second-order valence-corrected chi connectivity index (χ2v) is 14.2. The molecule has 3 fully saturated rings. The van der Waals surface area contributed by atoms with Gasteiger partial charge in [0, 0.05) is 11.3 Å². The van der Waals surface area contributed by atoms with E-state index in [0.717, 1.165) is 24.8 Å². The third-order valence-electron chi connectivity index (χ3n) is 12.8. The van der Waals surface area contributed by atoms with Gasteiger partial charge in [0.05, 0.1) is 11.7 Å². The van der Waals surface area contributed by atoms with Crippen molar-refractivity contribution in [1.82, 2.24) is 0 Å². The van der Waals surface area contributed by atoms with Crippen molar-refractivity contribution in [3.8, 4) is 0 Å². The Hall–Kier alpha value is -1.46. The van der Waals surface area contributed by atoms with E-state index in [2.05, 4.69) is 46.8 Å². The first-order chi connectivity index (χ1) is 16.0. The normalized spacial score (nSPS) is 54.6. The number of hydrogen-bond donors (Lipinski definition) is 3. The Morgan fingerprint density at radius 3 is 2.31 bits per heavy atom. The molecule has 5 aliphatic rings. The summed E-state index contributed by atoms with van der Waals surface area (Å²) in [5.74, 6) is -1.00. The number of allylic oxidation sites excluding steroid dienone is 3. The summed E-state index contributed by atoms with van der Waals surface area (Å²) in [6.07, 6.45) is 9.35. The first kappa shape index (κ1) is 25.2. The molecule has 5 heteroatoms. The molecule has 2 unspecified atom stereocenters. The lowest BCUT2D eigenvalue weighted by Gasteiger charge is -2.70. The Bertz CT molecular complexity index is 1040. The molecule has 0 heterocycles. The maximum atomic E-state index is 12.9. The predicted octanol–water partition coefficient (Wildman–Crippen LogP) is 5.16. The molecule has 35 heavy (non-hydrogen) atoms. The summed E-state index contributed by atoms with van der Waals surface area (Å²) < 4.78 is 0. The Labute approximate surface area is 210 Å². The molecule has 194 valence electrons. The van der Waals surface area contributed by atoms with Gasteiger partial charge in [0.1, 0.15) is 5.41 Å². The molecule has 0 aromatic heterocycles. The smallest absolute Gasteiger partial charge is 0.313 e. The van der Waals surface area contributed by atoms with Crippen molar-refractivity contribution < 1.29 is 24.9 Å². The van der Waals surface area contributed by atoms with Crippen molar-refractivity contribution in [2.75, 3.05) is 0 Å². The van der Waals surface area contributed by atoms with Crippen LogP contribution in [0.2, 0.25) is 0 Å². The molecule has 0 aliphatic heterocycles. The number of hydrogen-bond acceptors (Lipinski definition) is 4. The van der Waals surface area contributed by atoms with E-state index < -0.39 is 34.4 Å². The summed E-state index contributed by atoms with van der Waals surface area (Å²) in [7, 11) is 0. The van der Waals surface area contributed by atoms with E-state index in [-0.39, 0.29) is 33.9 Å². The van der Waals surface area contributed by atoms with Crippen LogP contribution in [0.5, 0.6) is 0 Å². The second-order valence-electron chi connectivity index (χ2n) is 14.2. The van der Waals surface area contributed by atoms with Gasteiger partial charge in [-0.15, -0.1) is 0 Å². The third kappa shape index (κ3) is 2.72. The molecule has 5 nitrogen and oxygen atoms in total. The highest BCUT2D eigenvalue weighted by Gasteiger charge is 2.72. The zero-order chi connectivity index (χ0) is 26.0. The lowest BCUT2D eigenvalue weighted by Crippen LogP contribution is -2.70. The lowest BCUT2D eigenvalue weighted by molar-refractivity contribution is -0.223. The number of aliphatic carboxylic acids is 1. The minimum atomic E-state index is -1.36. The van der Waals surface area contributed by atoms with E-state index in [1.54, 1.807) is 6.92 Å². The van der Waals surface area contributed by atoms with Crippen LogP contribution in [0.15, 0.2) is 23.8 Å². The van der Waals surface area contributed by atoms with Gasteiger partial charge in [-0.3, -0.25) is 9.59 Å². The Morgan fingerprint density at radius 1 is 1.03 bits per heavy atom. The van der Waals surface area contributed by atoms with E-state index in [1.165, 1.54) is 0 Å². The fraction of sp³-hybridized carbons (Fsp3) is 0.800. The van der Waals surface area contributed by atoms with E-state index in [4.69, 9.17) is 0 Å². The van der Waals surface area contributed by atoms with E-state index in [0.29, 0.717) is 25.2 Å². The first-order valence-corrected chi connectivity index (χ1v) is 13.6. The Kier molecular flexibility index (Phi) is 5.11. The van der Waals surface area contributed by atoms with E-state index >= 15 is 0 Å². The fourth-order valence-electron chi connectivity index (χ4n) is 10.2. The van der Waals surface area contributed by atoms with Gasteiger partial charge in [0.25, 0.3) is 0 Å². The Balaban J connectivity index is 1.68. The SMILES string of the molecule is C[C@@H]1CC(O)[C@]2(C(=O)O)CC[C@]3(C)C(=CC[C@@H]4[C@@]5(C)C=CC(=O)C(C)(C)C5CC[C@]43C)[C@@H]2[C@]1(C)O. The van der Waals surface area contributed by atoms with Crippen LogP contribution in [-0.2, 0) is 9.59 Å². The zero-order valence-electron chi connectivity index (χ0n) is 22.5. The molecule has 10 atom stereocenters. The summed E-state index contributed by atoms with van der Waals surface area (Å²) >= 11 is 0. The third-order valence-corrected chi connectivity index (χ3v) is 12.8. The number of carbonyl (C=O) groups excluding carboxylic acids is 1. The zero-order valence-corrected chi connectivity index (χ0v) is 22.5. The van der Waals surface area contributed by atoms with Gasteiger partial charge in [-0.2, -0.15) is 0 Å². The van der Waals surface area contributed by atoms with Crippen LogP contribution in [0.3, 0.4) is 0 Å². The molecular weight excluding hydrogens is 440 g/mol. The average molecular weight is 485 g/mol. The standard InChI is InChI=1S/C30H44O5/c1-17-16-22(32)30(24(33)34)15-14-27(5)18(23(30)29(17,7)35)8-9-20-26(4)12-11-21(31)25(2,3)19(26)10-13-28(20,27)6/h8,11-12,17,19-20,22-23,32,35H,9-10,13-16H2,1-7H3,(H,33,34)/t17-,19?,20-,22?,23-,26+,27-,28-,29-,30-/m1/s1. The average Bonchev–Trinajstić information content (AvgIpc) is 2.75. The van der Waals surface area contributed by atoms with E-state index in [1.807, 2.05) is 13.0 Å². The van der Waals surface area contributed by atoms with Gasteiger partial charge in [0.15, 0.2) is 5.78 Å². The number of carboxylic acids is 1.